The molecule has 0 aromatic carbocycles. The molecule has 5 N–H and O–H groups in total. The number of fused-ring (bicyclic) bond motifs is 1. The van der Waals surface area contributed by atoms with Crippen molar-refractivity contribution in [3.05, 3.63) is 5.82 Å². The van der Waals surface area contributed by atoms with E-state index >= 15 is 0 Å². The zero-order chi connectivity index (χ0) is 21.3. The van der Waals surface area contributed by atoms with Gasteiger partial charge in [0, 0.05) is 20.8 Å². The van der Waals surface area contributed by atoms with E-state index in [2.05, 4.69) is 19.9 Å². The lowest BCUT2D eigenvalue weighted by Gasteiger charge is -2.22. The number of ether oxygens (including phenoxy) is 4. The van der Waals surface area contributed by atoms with Crippen molar-refractivity contribution in [2.75, 3.05) is 18.1 Å². The number of nitrogen functional groups attached to an aromatic ring is 2. The average Bonchev–Trinajstić information content (AvgIpc) is 3.15. The predicted molar refractivity (Wildman–Crippen MR) is 95.9 cm³/mol. The van der Waals surface area contributed by atoms with Crippen molar-refractivity contribution in [1.29, 1.82) is 0 Å². The molecule has 0 amide bonds. The molecule has 4 atom stereocenters. The summed E-state index contributed by atoms with van der Waals surface area (Å²) >= 11 is 0. The number of carbonyl (C=O) groups excluding carboxylic acids is 3. The van der Waals surface area contributed by atoms with Gasteiger partial charge in [0.05, 0.1) is 0 Å². The number of aromatic amines is 1. The first-order valence-corrected chi connectivity index (χ1v) is 8.57. The Kier molecular flexibility index (Phi) is 5.50. The summed E-state index contributed by atoms with van der Waals surface area (Å²) in [5, 5.41) is 0. The first kappa shape index (κ1) is 20.3. The lowest BCUT2D eigenvalue weighted by atomic mass is 10.1. The first-order valence-electron chi connectivity index (χ1n) is 8.57. The van der Waals surface area contributed by atoms with Crippen LogP contribution in [0, 0.1) is 0 Å². The van der Waals surface area contributed by atoms with E-state index in [0.29, 0.717) is 5.52 Å². The summed E-state index contributed by atoms with van der Waals surface area (Å²) in [7, 11) is 0. The zero-order valence-electron chi connectivity index (χ0n) is 15.9. The molecule has 156 valence electrons. The van der Waals surface area contributed by atoms with Crippen LogP contribution < -0.4 is 11.5 Å². The monoisotopic (exact) mass is 408 g/mol. The van der Waals surface area contributed by atoms with E-state index < -0.39 is 42.3 Å². The molecule has 29 heavy (non-hydrogen) atoms. The molecule has 2 aromatic rings. The van der Waals surface area contributed by atoms with Gasteiger partial charge in [0.15, 0.2) is 29.8 Å². The number of anilines is 2. The molecule has 3 rings (SSSR count). The molecule has 0 saturated carbocycles. The molecule has 13 nitrogen and oxygen atoms in total. The molecule has 0 spiro atoms. The number of aromatic nitrogens is 4. The highest BCUT2D eigenvalue weighted by atomic mass is 16.6. The number of esters is 3. The molecule has 3 heterocycles. The second-order valence-corrected chi connectivity index (χ2v) is 6.33. The molecule has 2 aromatic heterocycles. The van der Waals surface area contributed by atoms with E-state index in [0.717, 1.165) is 0 Å². The Labute approximate surface area is 164 Å². The van der Waals surface area contributed by atoms with Crippen LogP contribution >= 0.6 is 0 Å². The van der Waals surface area contributed by atoms with Gasteiger partial charge in [0.1, 0.15) is 24.1 Å². The molecule has 13 heteroatoms. The number of nitrogens with zero attached hydrogens (tertiary/aromatic N) is 3. The Morgan fingerprint density at radius 1 is 1.00 bits per heavy atom. The van der Waals surface area contributed by atoms with Crippen molar-refractivity contribution >= 4 is 40.8 Å². The van der Waals surface area contributed by atoms with E-state index in [1.54, 1.807) is 0 Å². The molecular weight excluding hydrogens is 388 g/mol. The zero-order valence-corrected chi connectivity index (χ0v) is 15.9. The first-order chi connectivity index (χ1) is 13.7. The maximum Gasteiger partial charge on any atom is 0.303 e. The lowest BCUT2D eigenvalue weighted by molar-refractivity contribution is -0.165. The maximum absolute atomic E-state index is 11.7. The van der Waals surface area contributed by atoms with Gasteiger partial charge in [-0.1, -0.05) is 0 Å². The van der Waals surface area contributed by atoms with Crippen LogP contribution in [0.3, 0.4) is 0 Å². The van der Waals surface area contributed by atoms with E-state index in [1.807, 2.05) is 0 Å². The van der Waals surface area contributed by atoms with E-state index in [1.165, 1.54) is 20.8 Å². The second kappa shape index (κ2) is 7.87. The second-order valence-electron chi connectivity index (χ2n) is 6.33. The number of nitrogens with one attached hydrogen (secondary N) is 1. The number of imidazole rings is 1. The van der Waals surface area contributed by atoms with Gasteiger partial charge in [0.25, 0.3) is 0 Å². The number of hydrogen-bond donors (Lipinski definition) is 3. The summed E-state index contributed by atoms with van der Waals surface area (Å²) in [6, 6.07) is 0. The summed E-state index contributed by atoms with van der Waals surface area (Å²) in [6.07, 6.45) is -4.00. The normalized spacial score (nSPS) is 23.7. The van der Waals surface area contributed by atoms with Gasteiger partial charge in [-0.2, -0.15) is 9.97 Å². The van der Waals surface area contributed by atoms with Crippen LogP contribution in [0.1, 0.15) is 32.7 Å². The molecule has 1 aliphatic rings. The fourth-order valence-electron chi connectivity index (χ4n) is 3.02. The summed E-state index contributed by atoms with van der Waals surface area (Å²) in [5.74, 6) is -1.61. The minimum Gasteiger partial charge on any atom is -0.463 e. The largest absolute Gasteiger partial charge is 0.463 e. The fourth-order valence-corrected chi connectivity index (χ4v) is 3.02. The summed E-state index contributed by atoms with van der Waals surface area (Å²) < 4.78 is 21.5. The Balaban J connectivity index is 2.00. The van der Waals surface area contributed by atoms with Crippen LogP contribution in [0.25, 0.3) is 11.2 Å². The standard InChI is InChI=1S/C16H20N6O7/c1-5(23)26-4-8-10(27-6(2)24)11(28-7(3)25)12(29-8)15-19-9-13(17)20-16(18)22-14(9)21-15/h8,10-12H,4H2,1-3H3,(H5,17,18,19,20,21,22)/t8-,10-,11-,12?/m1/s1. The number of rotatable bonds is 5. The number of H-pyrrole nitrogens is 1. The molecule has 0 bridgehead atoms. The van der Waals surface area contributed by atoms with Crippen molar-refractivity contribution in [3.8, 4) is 0 Å². The van der Waals surface area contributed by atoms with Crippen molar-refractivity contribution in [1.82, 2.24) is 19.9 Å². The molecule has 0 radical (unpaired) electrons. The molecular formula is C16H20N6O7. The van der Waals surface area contributed by atoms with Gasteiger partial charge in [-0.15, -0.1) is 0 Å². The number of carbonyl (C=O) groups is 3. The van der Waals surface area contributed by atoms with Gasteiger partial charge >= 0.3 is 17.9 Å². The molecule has 1 unspecified atom stereocenters. The molecule has 0 aliphatic carbocycles. The Bertz CT molecular complexity index is 961. The van der Waals surface area contributed by atoms with E-state index in [4.69, 9.17) is 30.4 Å². The van der Waals surface area contributed by atoms with Crippen LogP contribution in [0.5, 0.6) is 0 Å². The van der Waals surface area contributed by atoms with E-state index in [9.17, 15) is 14.4 Å². The molecule has 1 saturated heterocycles. The van der Waals surface area contributed by atoms with Crippen molar-refractivity contribution in [2.24, 2.45) is 0 Å². The van der Waals surface area contributed by atoms with Gasteiger partial charge in [-0.25, -0.2) is 4.98 Å². The third-order valence-corrected chi connectivity index (χ3v) is 4.05. The quantitative estimate of drug-likeness (QED) is 0.420. The van der Waals surface area contributed by atoms with E-state index in [-0.39, 0.29) is 29.8 Å². The van der Waals surface area contributed by atoms with Crippen LogP contribution in [-0.4, -0.2) is 62.8 Å². The summed E-state index contributed by atoms with van der Waals surface area (Å²) in [5.41, 5.74) is 11.9. The molecule has 1 fully saturated rings. The highest BCUT2D eigenvalue weighted by Crippen LogP contribution is 2.37. The van der Waals surface area contributed by atoms with Crippen molar-refractivity contribution < 1.29 is 33.3 Å². The van der Waals surface area contributed by atoms with Crippen LogP contribution in [0.2, 0.25) is 0 Å². The van der Waals surface area contributed by atoms with Crippen molar-refractivity contribution in [2.45, 2.75) is 45.2 Å². The minimum atomic E-state index is -1.07. The average molecular weight is 408 g/mol. The fraction of sp³-hybridized carbons (Fsp3) is 0.500. The van der Waals surface area contributed by atoms with Gasteiger partial charge < -0.3 is 35.4 Å². The highest BCUT2D eigenvalue weighted by Gasteiger charge is 2.51. The number of hydrogen-bond acceptors (Lipinski definition) is 12. The summed E-state index contributed by atoms with van der Waals surface area (Å²) in [4.78, 5) is 49.5. The van der Waals surface area contributed by atoms with Crippen LogP contribution in [0.4, 0.5) is 11.8 Å². The Hall–Kier alpha value is -3.48. The van der Waals surface area contributed by atoms with Gasteiger partial charge in [-0.05, 0) is 0 Å². The maximum atomic E-state index is 11.7. The van der Waals surface area contributed by atoms with Crippen LogP contribution in [0.15, 0.2) is 0 Å². The minimum absolute atomic E-state index is 0.0672. The third kappa shape index (κ3) is 4.34. The predicted octanol–water partition coefficient (Wildman–Crippen LogP) is -0.616. The topological polar surface area (TPSA) is 195 Å². The summed E-state index contributed by atoms with van der Waals surface area (Å²) in [6.45, 7) is 3.39. The smallest absolute Gasteiger partial charge is 0.303 e. The van der Waals surface area contributed by atoms with Crippen molar-refractivity contribution in [3.63, 3.8) is 0 Å². The highest BCUT2D eigenvalue weighted by molar-refractivity contribution is 5.82. The van der Waals surface area contributed by atoms with Gasteiger partial charge in [0.2, 0.25) is 5.95 Å². The Morgan fingerprint density at radius 3 is 2.28 bits per heavy atom. The lowest BCUT2D eigenvalue weighted by Crippen LogP contribution is -2.40. The SMILES string of the molecule is CC(=O)OC[C@H]1OC(c2nc3nc(N)nc(N)c3[nH]2)[C@H](OC(C)=O)[C@@H]1OC(C)=O. The molecule has 1 aliphatic heterocycles. The number of nitrogens with two attached hydrogens (primary N) is 2. The third-order valence-electron chi connectivity index (χ3n) is 4.05. The van der Waals surface area contributed by atoms with Crippen LogP contribution in [-0.2, 0) is 33.3 Å². The Morgan fingerprint density at radius 2 is 1.66 bits per heavy atom. The van der Waals surface area contributed by atoms with Gasteiger partial charge in [-0.3, -0.25) is 14.4 Å².